The third-order valence-electron chi connectivity index (χ3n) is 4.17. The first kappa shape index (κ1) is 17.4. The molecule has 0 aliphatic carbocycles. The second kappa shape index (κ2) is 8.06. The molecule has 0 N–H and O–H groups in total. The molecule has 2 rings (SSSR count). The molecule has 0 saturated carbocycles. The molecule has 6 heteroatoms. The van der Waals surface area contributed by atoms with Crippen LogP contribution in [0.2, 0.25) is 0 Å². The monoisotopic (exact) mass is 326 g/mol. The zero-order chi connectivity index (χ0) is 16.0. The second-order valence-electron chi connectivity index (χ2n) is 6.17. The molecule has 1 aromatic carbocycles. The lowest BCUT2D eigenvalue weighted by atomic mass is 10.1. The van der Waals surface area contributed by atoms with E-state index in [9.17, 15) is 8.76 Å². The Morgan fingerprint density at radius 2 is 1.82 bits per heavy atom. The Labute approximate surface area is 135 Å². The summed E-state index contributed by atoms with van der Waals surface area (Å²) in [7, 11) is 3.27. The zero-order valence-electron chi connectivity index (χ0n) is 13.5. The molecular formula is C16H26N2O3S. The van der Waals surface area contributed by atoms with Crippen LogP contribution in [0.3, 0.4) is 0 Å². The predicted molar refractivity (Wildman–Crippen MR) is 89.4 cm³/mol. The van der Waals surface area contributed by atoms with E-state index >= 15 is 0 Å². The van der Waals surface area contributed by atoms with Gasteiger partial charge in [0.15, 0.2) is 11.3 Å². The Morgan fingerprint density at radius 1 is 1.18 bits per heavy atom. The van der Waals surface area contributed by atoms with E-state index in [1.165, 1.54) is 32.4 Å². The highest BCUT2D eigenvalue weighted by Crippen LogP contribution is 2.23. The lowest BCUT2D eigenvalue weighted by Crippen LogP contribution is -2.41. The van der Waals surface area contributed by atoms with Crippen LogP contribution in [-0.4, -0.2) is 54.0 Å². The molecule has 1 aliphatic heterocycles. The maximum absolute atomic E-state index is 11.2. The van der Waals surface area contributed by atoms with Gasteiger partial charge < -0.3 is 14.2 Å². The second-order valence-corrected chi connectivity index (χ2v) is 7.51. The molecule has 1 unspecified atom stereocenters. The summed E-state index contributed by atoms with van der Waals surface area (Å²) in [5.74, 6) is 0.791. The Morgan fingerprint density at radius 3 is 2.41 bits per heavy atom. The Kier molecular flexibility index (Phi) is 6.37. The van der Waals surface area contributed by atoms with Crippen molar-refractivity contribution in [1.29, 1.82) is 0 Å². The van der Waals surface area contributed by atoms with Gasteiger partial charge in [-0.3, -0.25) is 0 Å². The molecule has 1 saturated heterocycles. The SMILES string of the molecule is C[N+](C)(c1ccc(OCCCN2CCCCC2)cc1)S(=O)[O-]. The molecule has 1 heterocycles. The van der Waals surface area contributed by atoms with Crippen LogP contribution >= 0.6 is 0 Å². The van der Waals surface area contributed by atoms with Crippen molar-refractivity contribution in [2.75, 3.05) is 40.3 Å². The maximum Gasteiger partial charge on any atom is 0.153 e. The summed E-state index contributed by atoms with van der Waals surface area (Å²) >= 11 is -2.20. The number of hydrogen-bond acceptors (Lipinski definition) is 4. The third-order valence-corrected chi connectivity index (χ3v) is 5.12. The molecule has 0 amide bonds. The first-order valence-electron chi connectivity index (χ1n) is 7.90. The van der Waals surface area contributed by atoms with E-state index in [1.54, 1.807) is 26.2 Å². The molecule has 1 atom stereocenters. The third kappa shape index (κ3) is 4.78. The van der Waals surface area contributed by atoms with Crippen LogP contribution in [0.25, 0.3) is 0 Å². The van der Waals surface area contributed by atoms with E-state index in [4.69, 9.17) is 4.74 Å². The van der Waals surface area contributed by atoms with E-state index in [0.29, 0.717) is 12.3 Å². The van der Waals surface area contributed by atoms with Crippen LogP contribution in [0.1, 0.15) is 25.7 Å². The van der Waals surface area contributed by atoms with E-state index in [1.807, 2.05) is 12.1 Å². The summed E-state index contributed by atoms with van der Waals surface area (Å²) in [6, 6.07) is 7.28. The lowest BCUT2D eigenvalue weighted by molar-refractivity contribution is 0.205. The molecule has 124 valence electrons. The summed E-state index contributed by atoms with van der Waals surface area (Å²) < 4.78 is 28.0. The van der Waals surface area contributed by atoms with Gasteiger partial charge in [-0.2, -0.15) is 0 Å². The van der Waals surface area contributed by atoms with Crippen LogP contribution in [-0.2, 0) is 11.3 Å². The van der Waals surface area contributed by atoms with Crippen molar-refractivity contribution in [1.82, 2.24) is 8.79 Å². The van der Waals surface area contributed by atoms with Gasteiger partial charge >= 0.3 is 0 Å². The van der Waals surface area contributed by atoms with Crippen molar-refractivity contribution in [2.24, 2.45) is 0 Å². The van der Waals surface area contributed by atoms with E-state index in [0.717, 1.165) is 18.7 Å². The smallest absolute Gasteiger partial charge is 0.153 e. The fraction of sp³-hybridized carbons (Fsp3) is 0.625. The van der Waals surface area contributed by atoms with Crippen LogP contribution in [0.15, 0.2) is 24.3 Å². The van der Waals surface area contributed by atoms with Crippen LogP contribution in [0.5, 0.6) is 5.75 Å². The first-order valence-corrected chi connectivity index (χ1v) is 8.93. The molecule has 0 aromatic heterocycles. The van der Waals surface area contributed by atoms with E-state index < -0.39 is 11.3 Å². The average molecular weight is 326 g/mol. The van der Waals surface area contributed by atoms with Crippen molar-refractivity contribution in [3.05, 3.63) is 24.3 Å². The van der Waals surface area contributed by atoms with Crippen molar-refractivity contribution >= 4 is 17.0 Å². The number of nitrogens with zero attached hydrogens (tertiary/aromatic N) is 2. The topological polar surface area (TPSA) is 52.6 Å². The summed E-state index contributed by atoms with van der Waals surface area (Å²) in [5, 5.41) is 0. The molecule has 1 aromatic rings. The van der Waals surface area contributed by atoms with Gasteiger partial charge in [-0.25, -0.2) is 8.10 Å². The highest BCUT2D eigenvalue weighted by atomic mass is 32.2. The van der Waals surface area contributed by atoms with Gasteiger partial charge in [0.25, 0.3) is 0 Å². The number of benzene rings is 1. The number of piperidine rings is 1. The molecule has 0 spiro atoms. The minimum absolute atomic E-state index is 0.185. The van der Waals surface area contributed by atoms with E-state index in [2.05, 4.69) is 4.90 Å². The fourth-order valence-corrected chi connectivity index (χ4v) is 2.94. The molecule has 22 heavy (non-hydrogen) atoms. The highest BCUT2D eigenvalue weighted by molar-refractivity contribution is 7.78. The number of likely N-dealkylation sites (tertiary alicyclic amines) is 1. The summed E-state index contributed by atoms with van der Waals surface area (Å²) in [4.78, 5) is 2.50. The number of hydrogen-bond donors (Lipinski definition) is 0. The molecule has 1 fully saturated rings. The van der Waals surface area contributed by atoms with Gasteiger partial charge in [-0.05, 0) is 44.5 Å². The number of quaternary nitrogens is 1. The van der Waals surface area contributed by atoms with Gasteiger partial charge in [0.1, 0.15) is 11.4 Å². The number of ether oxygens (including phenoxy) is 1. The van der Waals surface area contributed by atoms with Crippen molar-refractivity contribution in [3.8, 4) is 5.75 Å². The van der Waals surface area contributed by atoms with Crippen molar-refractivity contribution in [3.63, 3.8) is 0 Å². The highest BCUT2D eigenvalue weighted by Gasteiger charge is 2.20. The molecule has 1 aliphatic rings. The zero-order valence-corrected chi connectivity index (χ0v) is 14.3. The molecule has 0 bridgehead atoms. The van der Waals surface area contributed by atoms with E-state index in [-0.39, 0.29) is 3.89 Å². The van der Waals surface area contributed by atoms with Crippen molar-refractivity contribution < 1.29 is 13.5 Å². The van der Waals surface area contributed by atoms with Gasteiger partial charge in [0.05, 0.1) is 20.7 Å². The molecular weight excluding hydrogens is 300 g/mol. The molecule has 5 nitrogen and oxygen atoms in total. The fourth-order valence-electron chi connectivity index (χ4n) is 2.65. The normalized spacial score (nSPS) is 18.1. The van der Waals surface area contributed by atoms with Gasteiger partial charge in [-0.15, -0.1) is 0 Å². The minimum Gasteiger partial charge on any atom is -0.724 e. The minimum atomic E-state index is -2.20. The Hall–Kier alpha value is -0.950. The average Bonchev–Trinajstić information content (AvgIpc) is 2.53. The summed E-state index contributed by atoms with van der Waals surface area (Å²) in [5.41, 5.74) is 0.717. The largest absolute Gasteiger partial charge is 0.724 e. The number of rotatable bonds is 7. The van der Waals surface area contributed by atoms with Crippen LogP contribution in [0, 0.1) is 0 Å². The van der Waals surface area contributed by atoms with Gasteiger partial charge in [0.2, 0.25) is 0 Å². The van der Waals surface area contributed by atoms with Gasteiger partial charge in [-0.1, -0.05) is 6.42 Å². The summed E-state index contributed by atoms with van der Waals surface area (Å²) in [6.07, 6.45) is 5.02. The van der Waals surface area contributed by atoms with Crippen LogP contribution < -0.4 is 8.63 Å². The standard InChI is InChI=1S/C16H26N2O3S/c1-18(2,22(19)20)15-7-9-16(10-8-15)21-14-6-13-17-11-4-3-5-12-17/h7-10H,3-6,11-14H2,1-2H3. The molecule has 0 radical (unpaired) electrons. The van der Waals surface area contributed by atoms with Gasteiger partial charge in [0, 0.05) is 18.7 Å². The lowest BCUT2D eigenvalue weighted by Gasteiger charge is -2.29. The quantitative estimate of drug-likeness (QED) is 0.438. The summed E-state index contributed by atoms with van der Waals surface area (Å²) in [6.45, 7) is 4.22. The predicted octanol–water partition coefficient (Wildman–Crippen LogP) is 2.30. The van der Waals surface area contributed by atoms with Crippen LogP contribution in [0.4, 0.5) is 5.69 Å². The Balaban J connectivity index is 1.75. The Bertz CT molecular complexity index is 485. The first-order chi connectivity index (χ1) is 10.5. The maximum atomic E-state index is 11.2. The van der Waals surface area contributed by atoms with Crippen molar-refractivity contribution in [2.45, 2.75) is 25.7 Å².